The van der Waals surface area contributed by atoms with Crippen molar-refractivity contribution in [2.24, 2.45) is 0 Å². The Morgan fingerprint density at radius 1 is 1.25 bits per heavy atom. The lowest BCUT2D eigenvalue weighted by Gasteiger charge is -2.21. The maximum Gasteiger partial charge on any atom is 0.333 e. The third-order valence-electron chi connectivity index (χ3n) is 2.68. The molecule has 0 spiro atoms. The number of ether oxygens (including phenoxy) is 2. The lowest BCUT2D eigenvalue weighted by molar-refractivity contribution is -0.151. The molecular formula is C12H18O4. The number of carbonyl (C=O) groups excluding carboxylic acids is 2. The molecule has 0 aromatic rings. The summed E-state index contributed by atoms with van der Waals surface area (Å²) < 4.78 is 9.71. The van der Waals surface area contributed by atoms with Crippen molar-refractivity contribution in [1.29, 1.82) is 0 Å². The van der Waals surface area contributed by atoms with Crippen LogP contribution in [0.4, 0.5) is 0 Å². The minimum absolute atomic E-state index is 0.0201. The maximum absolute atomic E-state index is 11.5. The maximum atomic E-state index is 11.5. The van der Waals surface area contributed by atoms with Crippen molar-refractivity contribution >= 4 is 11.9 Å². The van der Waals surface area contributed by atoms with Gasteiger partial charge in [0.1, 0.15) is 6.10 Å². The zero-order valence-electron chi connectivity index (χ0n) is 9.66. The van der Waals surface area contributed by atoms with Crippen molar-refractivity contribution in [3.8, 4) is 0 Å². The van der Waals surface area contributed by atoms with Gasteiger partial charge in [0.2, 0.25) is 0 Å². The van der Waals surface area contributed by atoms with Gasteiger partial charge in [-0.15, -0.1) is 0 Å². The van der Waals surface area contributed by atoms with Crippen LogP contribution in [0.2, 0.25) is 0 Å². The second kappa shape index (κ2) is 6.30. The van der Waals surface area contributed by atoms with E-state index in [0.29, 0.717) is 0 Å². The van der Waals surface area contributed by atoms with Crippen molar-refractivity contribution in [2.75, 3.05) is 7.11 Å². The van der Waals surface area contributed by atoms with Gasteiger partial charge in [0.05, 0.1) is 13.5 Å². The van der Waals surface area contributed by atoms with E-state index >= 15 is 0 Å². The topological polar surface area (TPSA) is 52.6 Å². The zero-order chi connectivity index (χ0) is 12.0. The number of rotatable bonds is 4. The highest BCUT2D eigenvalue weighted by molar-refractivity contribution is 5.93. The highest BCUT2D eigenvalue weighted by atomic mass is 16.5. The fraction of sp³-hybridized carbons (Fsp3) is 0.667. The lowest BCUT2D eigenvalue weighted by atomic mass is 9.98. The van der Waals surface area contributed by atoms with Crippen molar-refractivity contribution < 1.29 is 19.1 Å². The molecule has 0 aromatic heterocycles. The zero-order valence-corrected chi connectivity index (χ0v) is 9.66. The summed E-state index contributed by atoms with van der Waals surface area (Å²) in [5.41, 5.74) is 0.142. The van der Waals surface area contributed by atoms with E-state index in [0.717, 1.165) is 25.7 Å². The third-order valence-corrected chi connectivity index (χ3v) is 2.68. The van der Waals surface area contributed by atoms with Crippen LogP contribution in [0, 0.1) is 0 Å². The Bertz CT molecular complexity index is 277. The molecule has 0 aromatic carbocycles. The Morgan fingerprint density at radius 3 is 2.44 bits per heavy atom. The molecule has 1 aliphatic carbocycles. The Hall–Kier alpha value is -1.32. The number of hydrogen-bond donors (Lipinski definition) is 0. The van der Waals surface area contributed by atoms with Crippen LogP contribution in [0.1, 0.15) is 38.5 Å². The quantitative estimate of drug-likeness (QED) is 0.543. The van der Waals surface area contributed by atoms with Gasteiger partial charge in [-0.2, -0.15) is 0 Å². The van der Waals surface area contributed by atoms with Gasteiger partial charge in [-0.1, -0.05) is 13.0 Å². The van der Waals surface area contributed by atoms with E-state index in [9.17, 15) is 9.59 Å². The second-order valence-electron chi connectivity index (χ2n) is 4.02. The van der Waals surface area contributed by atoms with E-state index in [1.165, 1.54) is 13.5 Å². The fourth-order valence-corrected chi connectivity index (χ4v) is 1.80. The molecule has 4 nitrogen and oxygen atoms in total. The molecule has 0 bridgehead atoms. The first-order valence-corrected chi connectivity index (χ1v) is 5.59. The van der Waals surface area contributed by atoms with E-state index in [1.54, 1.807) is 0 Å². The van der Waals surface area contributed by atoms with Crippen molar-refractivity contribution in [1.82, 2.24) is 0 Å². The minimum Gasteiger partial charge on any atom is -0.466 e. The van der Waals surface area contributed by atoms with E-state index in [2.05, 4.69) is 11.3 Å². The monoisotopic (exact) mass is 226 g/mol. The molecule has 1 rings (SSSR count). The predicted molar refractivity (Wildman–Crippen MR) is 58.7 cm³/mol. The Labute approximate surface area is 95.6 Å². The fourth-order valence-electron chi connectivity index (χ4n) is 1.80. The number of carbonyl (C=O) groups is 2. The Balaban J connectivity index is 2.29. The average molecular weight is 226 g/mol. The van der Waals surface area contributed by atoms with Crippen LogP contribution in [0.5, 0.6) is 0 Å². The number of methoxy groups -OCH3 is 1. The summed E-state index contributed by atoms with van der Waals surface area (Å²) in [6.45, 7) is 3.48. The molecule has 16 heavy (non-hydrogen) atoms. The molecule has 4 heteroatoms. The highest BCUT2D eigenvalue weighted by Gasteiger charge is 2.19. The van der Waals surface area contributed by atoms with E-state index < -0.39 is 5.97 Å². The van der Waals surface area contributed by atoms with Crippen molar-refractivity contribution in [3.05, 3.63) is 12.2 Å². The van der Waals surface area contributed by atoms with Crippen LogP contribution in [-0.4, -0.2) is 25.2 Å². The SMILES string of the molecule is C=C(CC(=O)OC1CCCCC1)C(=O)OC. The van der Waals surface area contributed by atoms with Gasteiger partial charge in [-0.25, -0.2) is 4.79 Å². The second-order valence-corrected chi connectivity index (χ2v) is 4.02. The van der Waals surface area contributed by atoms with E-state index in [-0.39, 0.29) is 24.1 Å². The smallest absolute Gasteiger partial charge is 0.333 e. The first-order valence-electron chi connectivity index (χ1n) is 5.59. The van der Waals surface area contributed by atoms with Crippen LogP contribution in [-0.2, 0) is 19.1 Å². The first kappa shape index (κ1) is 12.7. The lowest BCUT2D eigenvalue weighted by Crippen LogP contribution is -2.22. The molecule has 1 aliphatic rings. The van der Waals surface area contributed by atoms with Gasteiger partial charge in [0.15, 0.2) is 0 Å². The summed E-state index contributed by atoms with van der Waals surface area (Å²) in [5.74, 6) is -0.942. The van der Waals surface area contributed by atoms with Crippen molar-refractivity contribution in [3.63, 3.8) is 0 Å². The Morgan fingerprint density at radius 2 is 1.88 bits per heavy atom. The number of hydrogen-bond acceptors (Lipinski definition) is 4. The molecule has 0 N–H and O–H groups in total. The summed E-state index contributed by atoms with van der Waals surface area (Å²) in [6.07, 6.45) is 5.22. The Kier molecular flexibility index (Phi) is 5.02. The molecule has 1 saturated carbocycles. The van der Waals surface area contributed by atoms with E-state index in [1.807, 2.05) is 0 Å². The molecule has 0 aliphatic heterocycles. The standard InChI is InChI=1S/C12H18O4/c1-9(12(14)15-2)8-11(13)16-10-6-4-3-5-7-10/h10H,1,3-8H2,2H3. The summed E-state index contributed by atoms with van der Waals surface area (Å²) in [4.78, 5) is 22.5. The molecule has 0 amide bonds. The van der Waals surface area contributed by atoms with Gasteiger partial charge in [0.25, 0.3) is 0 Å². The largest absolute Gasteiger partial charge is 0.466 e. The third kappa shape index (κ3) is 4.04. The van der Waals surface area contributed by atoms with Gasteiger partial charge >= 0.3 is 11.9 Å². The van der Waals surface area contributed by atoms with Gasteiger partial charge in [0, 0.05) is 5.57 Å². The minimum atomic E-state index is -0.555. The number of esters is 2. The molecule has 0 saturated heterocycles. The molecular weight excluding hydrogens is 208 g/mol. The van der Waals surface area contributed by atoms with Crippen LogP contribution in [0.15, 0.2) is 12.2 Å². The summed E-state index contributed by atoms with van der Waals surface area (Å²) >= 11 is 0. The van der Waals surface area contributed by atoms with E-state index in [4.69, 9.17) is 4.74 Å². The van der Waals surface area contributed by atoms with Gasteiger partial charge in [-0.3, -0.25) is 4.79 Å². The summed E-state index contributed by atoms with van der Waals surface area (Å²) in [5, 5.41) is 0. The molecule has 0 heterocycles. The average Bonchev–Trinajstić information content (AvgIpc) is 2.29. The van der Waals surface area contributed by atoms with Crippen LogP contribution in [0.3, 0.4) is 0 Å². The molecule has 90 valence electrons. The summed E-state index contributed by atoms with van der Waals surface area (Å²) in [6, 6.07) is 0. The van der Waals surface area contributed by atoms with Crippen molar-refractivity contribution in [2.45, 2.75) is 44.6 Å². The van der Waals surface area contributed by atoms with Gasteiger partial charge in [-0.05, 0) is 25.7 Å². The molecule has 1 fully saturated rings. The van der Waals surface area contributed by atoms with Crippen LogP contribution < -0.4 is 0 Å². The highest BCUT2D eigenvalue weighted by Crippen LogP contribution is 2.21. The molecule has 0 atom stereocenters. The predicted octanol–water partition coefficient (Wildman–Crippen LogP) is 1.98. The van der Waals surface area contributed by atoms with Gasteiger partial charge < -0.3 is 9.47 Å². The van der Waals surface area contributed by atoms with Crippen LogP contribution >= 0.6 is 0 Å². The van der Waals surface area contributed by atoms with Crippen LogP contribution in [0.25, 0.3) is 0 Å². The normalized spacial score (nSPS) is 16.6. The summed E-state index contributed by atoms with van der Waals surface area (Å²) in [7, 11) is 1.26. The molecule has 0 radical (unpaired) electrons. The molecule has 0 unspecified atom stereocenters. The first-order chi connectivity index (χ1) is 7.63.